The van der Waals surface area contributed by atoms with Crippen molar-refractivity contribution in [3.05, 3.63) is 35.4 Å². The van der Waals surface area contributed by atoms with Gasteiger partial charge >= 0.3 is 5.97 Å². The molecule has 1 aliphatic carbocycles. The number of carboxylic acid groups (broad SMARTS) is 1. The Morgan fingerprint density at radius 2 is 2.10 bits per heavy atom. The zero-order chi connectivity index (χ0) is 15.4. The fourth-order valence-electron chi connectivity index (χ4n) is 2.96. The van der Waals surface area contributed by atoms with E-state index < -0.39 is 12.0 Å². The maximum absolute atomic E-state index is 12.5. The summed E-state index contributed by atoms with van der Waals surface area (Å²) < 4.78 is 0. The first-order valence-electron chi connectivity index (χ1n) is 7.65. The minimum absolute atomic E-state index is 0.0784. The van der Waals surface area contributed by atoms with E-state index in [1.165, 1.54) is 5.56 Å². The molecule has 3 atom stereocenters. The third-order valence-electron chi connectivity index (χ3n) is 4.46. The van der Waals surface area contributed by atoms with Gasteiger partial charge < -0.3 is 10.4 Å². The van der Waals surface area contributed by atoms with Crippen LogP contribution in [-0.2, 0) is 16.0 Å². The van der Waals surface area contributed by atoms with E-state index in [0.29, 0.717) is 0 Å². The largest absolute Gasteiger partial charge is 0.480 e. The lowest BCUT2D eigenvalue weighted by molar-refractivity contribution is -0.143. The average molecular weight is 289 g/mol. The van der Waals surface area contributed by atoms with Gasteiger partial charge in [-0.05, 0) is 36.3 Å². The maximum atomic E-state index is 12.5. The second-order valence-corrected chi connectivity index (χ2v) is 5.85. The molecule has 0 heterocycles. The standard InChI is InChI=1S/C17H23NO3/c1-3-11(2)15(17(20)21)18-16(19)14-10-6-8-12-7-4-5-9-13(12)14/h4-5,7,9,11,14-15H,3,6,8,10H2,1-2H3,(H,18,19)(H,20,21). The number of amides is 1. The zero-order valence-corrected chi connectivity index (χ0v) is 12.6. The Hall–Kier alpha value is -1.84. The molecule has 1 aromatic carbocycles. The molecule has 3 unspecified atom stereocenters. The lowest BCUT2D eigenvalue weighted by Crippen LogP contribution is -2.47. The molecule has 2 rings (SSSR count). The number of hydrogen-bond acceptors (Lipinski definition) is 2. The second kappa shape index (κ2) is 6.74. The topological polar surface area (TPSA) is 66.4 Å². The van der Waals surface area contributed by atoms with Gasteiger partial charge in [0.05, 0.1) is 5.92 Å². The number of nitrogens with one attached hydrogen (secondary N) is 1. The van der Waals surface area contributed by atoms with Crippen LogP contribution in [0.15, 0.2) is 24.3 Å². The predicted octanol–water partition coefficient (Wildman–Crippen LogP) is 2.72. The summed E-state index contributed by atoms with van der Waals surface area (Å²) >= 11 is 0. The van der Waals surface area contributed by atoms with Gasteiger partial charge in [0.15, 0.2) is 0 Å². The van der Waals surface area contributed by atoms with E-state index in [1.54, 1.807) is 0 Å². The van der Waals surface area contributed by atoms with Crippen LogP contribution in [0.5, 0.6) is 0 Å². The van der Waals surface area contributed by atoms with Crippen LogP contribution in [0.4, 0.5) is 0 Å². The van der Waals surface area contributed by atoms with Crippen LogP contribution < -0.4 is 5.32 Å². The Kier molecular flexibility index (Phi) is 4.99. The van der Waals surface area contributed by atoms with E-state index in [9.17, 15) is 14.7 Å². The van der Waals surface area contributed by atoms with Gasteiger partial charge in [0.1, 0.15) is 6.04 Å². The summed E-state index contributed by atoms with van der Waals surface area (Å²) in [5.41, 5.74) is 2.26. The number of fused-ring (bicyclic) bond motifs is 1. The van der Waals surface area contributed by atoms with E-state index >= 15 is 0 Å². The number of aliphatic carboxylic acids is 1. The summed E-state index contributed by atoms with van der Waals surface area (Å²) in [5, 5.41) is 12.0. The van der Waals surface area contributed by atoms with Crippen LogP contribution in [0.2, 0.25) is 0 Å². The van der Waals surface area contributed by atoms with Crippen molar-refractivity contribution in [3.63, 3.8) is 0 Å². The van der Waals surface area contributed by atoms with E-state index in [0.717, 1.165) is 31.2 Å². The number of rotatable bonds is 5. The summed E-state index contributed by atoms with van der Waals surface area (Å²) in [6.45, 7) is 3.79. The third kappa shape index (κ3) is 3.43. The van der Waals surface area contributed by atoms with Gasteiger partial charge in [-0.2, -0.15) is 0 Å². The molecular formula is C17H23NO3. The van der Waals surface area contributed by atoms with E-state index in [4.69, 9.17) is 0 Å². The third-order valence-corrected chi connectivity index (χ3v) is 4.46. The molecule has 0 saturated carbocycles. The number of carbonyl (C=O) groups is 2. The molecule has 0 radical (unpaired) electrons. The van der Waals surface area contributed by atoms with Gasteiger partial charge in [-0.25, -0.2) is 4.79 Å². The molecule has 0 aromatic heterocycles. The number of carbonyl (C=O) groups excluding carboxylic acids is 1. The molecule has 1 aliphatic rings. The van der Waals surface area contributed by atoms with Crippen molar-refractivity contribution >= 4 is 11.9 Å². The van der Waals surface area contributed by atoms with E-state index in [1.807, 2.05) is 32.0 Å². The van der Waals surface area contributed by atoms with Crippen molar-refractivity contribution in [3.8, 4) is 0 Å². The molecule has 21 heavy (non-hydrogen) atoms. The van der Waals surface area contributed by atoms with Crippen LogP contribution in [0.3, 0.4) is 0 Å². The first kappa shape index (κ1) is 15.5. The van der Waals surface area contributed by atoms with Gasteiger partial charge in [-0.1, -0.05) is 44.5 Å². The molecule has 1 aromatic rings. The minimum Gasteiger partial charge on any atom is -0.480 e. The average Bonchev–Trinajstić information content (AvgIpc) is 2.50. The molecule has 1 amide bonds. The Balaban J connectivity index is 2.15. The predicted molar refractivity (Wildman–Crippen MR) is 81.1 cm³/mol. The first-order valence-corrected chi connectivity index (χ1v) is 7.65. The van der Waals surface area contributed by atoms with Gasteiger partial charge in [0, 0.05) is 0 Å². The molecule has 2 N–H and O–H groups in total. The zero-order valence-electron chi connectivity index (χ0n) is 12.6. The van der Waals surface area contributed by atoms with Crippen molar-refractivity contribution in [2.45, 2.75) is 51.5 Å². The Bertz CT molecular complexity index is 527. The van der Waals surface area contributed by atoms with Crippen molar-refractivity contribution in [2.75, 3.05) is 0 Å². The maximum Gasteiger partial charge on any atom is 0.326 e. The smallest absolute Gasteiger partial charge is 0.326 e. The molecule has 4 heteroatoms. The number of hydrogen-bond donors (Lipinski definition) is 2. The molecule has 4 nitrogen and oxygen atoms in total. The van der Waals surface area contributed by atoms with E-state index in [2.05, 4.69) is 11.4 Å². The monoisotopic (exact) mass is 289 g/mol. The molecule has 0 spiro atoms. The lowest BCUT2D eigenvalue weighted by Gasteiger charge is -2.27. The highest BCUT2D eigenvalue weighted by molar-refractivity contribution is 5.88. The Morgan fingerprint density at radius 3 is 2.76 bits per heavy atom. The molecule has 114 valence electrons. The minimum atomic E-state index is -0.957. The molecule has 0 aliphatic heterocycles. The van der Waals surface area contributed by atoms with Crippen LogP contribution in [0.25, 0.3) is 0 Å². The van der Waals surface area contributed by atoms with Gasteiger partial charge in [-0.15, -0.1) is 0 Å². The summed E-state index contributed by atoms with van der Waals surface area (Å²) in [5.74, 6) is -1.41. The van der Waals surface area contributed by atoms with Crippen LogP contribution in [-0.4, -0.2) is 23.0 Å². The van der Waals surface area contributed by atoms with Crippen molar-refractivity contribution in [1.29, 1.82) is 0 Å². The fraction of sp³-hybridized carbons (Fsp3) is 0.529. The first-order chi connectivity index (χ1) is 10.0. The van der Waals surface area contributed by atoms with Crippen LogP contribution >= 0.6 is 0 Å². The highest BCUT2D eigenvalue weighted by atomic mass is 16.4. The highest BCUT2D eigenvalue weighted by Crippen LogP contribution is 2.31. The van der Waals surface area contributed by atoms with Crippen molar-refractivity contribution < 1.29 is 14.7 Å². The molecular weight excluding hydrogens is 266 g/mol. The summed E-state index contributed by atoms with van der Waals surface area (Å²) in [6.07, 6.45) is 3.47. The Labute approximate surface area is 125 Å². The molecule has 0 bridgehead atoms. The SMILES string of the molecule is CCC(C)C(NC(=O)C1CCCc2ccccc21)C(=O)O. The second-order valence-electron chi connectivity index (χ2n) is 5.85. The normalized spacial score (nSPS) is 20.2. The van der Waals surface area contributed by atoms with E-state index in [-0.39, 0.29) is 17.7 Å². The summed E-state index contributed by atoms with van der Waals surface area (Å²) in [7, 11) is 0. The van der Waals surface area contributed by atoms with Gasteiger partial charge in [-0.3, -0.25) is 4.79 Å². The van der Waals surface area contributed by atoms with Gasteiger partial charge in [0.2, 0.25) is 5.91 Å². The molecule has 0 saturated heterocycles. The van der Waals surface area contributed by atoms with Crippen LogP contribution in [0, 0.1) is 5.92 Å². The van der Waals surface area contributed by atoms with Crippen molar-refractivity contribution in [2.24, 2.45) is 5.92 Å². The lowest BCUT2D eigenvalue weighted by atomic mass is 9.82. The quantitative estimate of drug-likeness (QED) is 0.876. The van der Waals surface area contributed by atoms with Crippen molar-refractivity contribution in [1.82, 2.24) is 5.32 Å². The highest BCUT2D eigenvalue weighted by Gasteiger charge is 2.31. The fourth-order valence-corrected chi connectivity index (χ4v) is 2.96. The number of aryl methyl sites for hydroxylation is 1. The summed E-state index contributed by atoms with van der Waals surface area (Å²) in [4.78, 5) is 23.9. The number of benzene rings is 1. The van der Waals surface area contributed by atoms with Gasteiger partial charge in [0.25, 0.3) is 0 Å². The number of carboxylic acids is 1. The molecule has 0 fully saturated rings. The van der Waals surface area contributed by atoms with Crippen LogP contribution in [0.1, 0.15) is 50.2 Å². The Morgan fingerprint density at radius 1 is 1.38 bits per heavy atom. The summed E-state index contributed by atoms with van der Waals surface area (Å²) in [6, 6.07) is 7.15.